The highest BCUT2D eigenvalue weighted by molar-refractivity contribution is 5.94. The monoisotopic (exact) mass is 288 g/mol. The van der Waals surface area contributed by atoms with E-state index in [0.29, 0.717) is 25.3 Å². The van der Waals surface area contributed by atoms with E-state index in [9.17, 15) is 9.59 Å². The van der Waals surface area contributed by atoms with Crippen molar-refractivity contribution >= 4 is 17.9 Å². The van der Waals surface area contributed by atoms with Crippen LogP contribution in [0.3, 0.4) is 0 Å². The first kappa shape index (κ1) is 15.3. The van der Waals surface area contributed by atoms with Crippen molar-refractivity contribution in [3.63, 3.8) is 0 Å². The molecule has 0 bridgehead atoms. The number of nitrogens with one attached hydrogen (secondary N) is 1. The molecule has 0 spiro atoms. The Morgan fingerprint density at radius 1 is 1.33 bits per heavy atom. The molecule has 0 saturated carbocycles. The molecule has 1 unspecified atom stereocenters. The second-order valence-corrected chi connectivity index (χ2v) is 5.00. The Balaban J connectivity index is 1.97. The molecule has 1 aliphatic rings. The predicted octanol–water partition coefficient (Wildman–Crippen LogP) is 1.31. The Kier molecular flexibility index (Phi) is 5.11. The maximum atomic E-state index is 12.1. The molecule has 5 heteroatoms. The summed E-state index contributed by atoms with van der Waals surface area (Å²) in [5.41, 5.74) is 1.49. The van der Waals surface area contributed by atoms with E-state index in [1.165, 1.54) is 0 Å². The van der Waals surface area contributed by atoms with Gasteiger partial charge in [-0.1, -0.05) is 12.1 Å². The summed E-state index contributed by atoms with van der Waals surface area (Å²) in [5, 5.41) is 2.57. The van der Waals surface area contributed by atoms with E-state index in [4.69, 9.17) is 4.74 Å². The van der Waals surface area contributed by atoms with Gasteiger partial charge in [-0.05, 0) is 30.7 Å². The van der Waals surface area contributed by atoms with Gasteiger partial charge in [-0.15, -0.1) is 0 Å². The van der Waals surface area contributed by atoms with E-state index in [2.05, 4.69) is 5.32 Å². The summed E-state index contributed by atoms with van der Waals surface area (Å²) in [6.07, 6.45) is 3.41. The zero-order valence-corrected chi connectivity index (χ0v) is 12.3. The standard InChI is InChI=1S/C16H20N2O3/c1-12-11-18(9-10-21-12)15(19)8-5-13-3-6-14(7-4-13)16(20)17-2/h3-8,12H,9-11H2,1-2H3,(H,17,20)/b8-5+. The van der Waals surface area contributed by atoms with Crippen LogP contribution in [0.25, 0.3) is 6.08 Å². The molecule has 112 valence electrons. The summed E-state index contributed by atoms with van der Waals surface area (Å²) in [6, 6.07) is 7.10. The van der Waals surface area contributed by atoms with Crippen LogP contribution in [0.4, 0.5) is 0 Å². The molecule has 1 saturated heterocycles. The normalized spacial score (nSPS) is 18.8. The number of ether oxygens (including phenoxy) is 1. The van der Waals surface area contributed by atoms with Gasteiger partial charge in [0.25, 0.3) is 5.91 Å². The maximum absolute atomic E-state index is 12.1. The Hall–Kier alpha value is -2.14. The van der Waals surface area contributed by atoms with Crippen LogP contribution in [0.15, 0.2) is 30.3 Å². The van der Waals surface area contributed by atoms with Crippen molar-refractivity contribution in [2.75, 3.05) is 26.7 Å². The van der Waals surface area contributed by atoms with Crippen LogP contribution in [-0.4, -0.2) is 49.6 Å². The molecule has 0 aromatic heterocycles. The van der Waals surface area contributed by atoms with E-state index < -0.39 is 0 Å². The minimum atomic E-state index is -0.121. The lowest BCUT2D eigenvalue weighted by atomic mass is 10.1. The highest BCUT2D eigenvalue weighted by atomic mass is 16.5. The van der Waals surface area contributed by atoms with Crippen molar-refractivity contribution < 1.29 is 14.3 Å². The predicted molar refractivity (Wildman–Crippen MR) is 80.9 cm³/mol. The Labute approximate surface area is 124 Å². The SMILES string of the molecule is CNC(=O)c1ccc(/C=C/C(=O)N2CCOC(C)C2)cc1. The quantitative estimate of drug-likeness (QED) is 0.853. The van der Waals surface area contributed by atoms with Crippen LogP contribution in [0.5, 0.6) is 0 Å². The van der Waals surface area contributed by atoms with Gasteiger partial charge in [0, 0.05) is 31.8 Å². The number of nitrogens with zero attached hydrogens (tertiary/aromatic N) is 1. The van der Waals surface area contributed by atoms with Crippen molar-refractivity contribution in [1.82, 2.24) is 10.2 Å². The first-order valence-corrected chi connectivity index (χ1v) is 7.01. The van der Waals surface area contributed by atoms with Crippen molar-refractivity contribution in [3.05, 3.63) is 41.5 Å². The third kappa shape index (κ3) is 4.16. The first-order chi connectivity index (χ1) is 10.1. The summed E-state index contributed by atoms with van der Waals surface area (Å²) >= 11 is 0. The lowest BCUT2D eigenvalue weighted by molar-refractivity contribution is -0.132. The number of benzene rings is 1. The average Bonchev–Trinajstić information content (AvgIpc) is 2.52. The van der Waals surface area contributed by atoms with Gasteiger partial charge in [0.1, 0.15) is 0 Å². The van der Waals surface area contributed by atoms with Crippen molar-refractivity contribution in [2.45, 2.75) is 13.0 Å². The topological polar surface area (TPSA) is 58.6 Å². The third-order valence-electron chi connectivity index (χ3n) is 3.37. The van der Waals surface area contributed by atoms with Gasteiger partial charge < -0.3 is 15.0 Å². The first-order valence-electron chi connectivity index (χ1n) is 7.01. The minimum absolute atomic E-state index is 0.0134. The van der Waals surface area contributed by atoms with Gasteiger partial charge in [-0.2, -0.15) is 0 Å². The number of carbonyl (C=O) groups is 2. The van der Waals surface area contributed by atoms with Crippen LogP contribution in [0, 0.1) is 0 Å². The molecule has 1 heterocycles. The van der Waals surface area contributed by atoms with Gasteiger partial charge in [-0.3, -0.25) is 9.59 Å². The second-order valence-electron chi connectivity index (χ2n) is 5.00. The molecule has 21 heavy (non-hydrogen) atoms. The highest BCUT2D eigenvalue weighted by Gasteiger charge is 2.19. The van der Waals surface area contributed by atoms with Crippen LogP contribution in [-0.2, 0) is 9.53 Å². The average molecular weight is 288 g/mol. The molecule has 5 nitrogen and oxygen atoms in total. The number of hydrogen-bond donors (Lipinski definition) is 1. The van der Waals surface area contributed by atoms with E-state index >= 15 is 0 Å². The number of amides is 2. The minimum Gasteiger partial charge on any atom is -0.375 e. The lowest BCUT2D eigenvalue weighted by Gasteiger charge is -2.30. The van der Waals surface area contributed by atoms with E-state index in [1.54, 1.807) is 36.2 Å². The molecule has 1 N–H and O–H groups in total. The zero-order valence-electron chi connectivity index (χ0n) is 12.3. The van der Waals surface area contributed by atoms with E-state index in [0.717, 1.165) is 5.56 Å². The Morgan fingerprint density at radius 2 is 2.05 bits per heavy atom. The molecule has 1 atom stereocenters. The van der Waals surface area contributed by atoms with Gasteiger partial charge >= 0.3 is 0 Å². The highest BCUT2D eigenvalue weighted by Crippen LogP contribution is 2.09. The number of rotatable bonds is 3. The molecule has 1 fully saturated rings. The van der Waals surface area contributed by atoms with Crippen molar-refractivity contribution in [1.29, 1.82) is 0 Å². The molecule has 0 aliphatic carbocycles. The smallest absolute Gasteiger partial charge is 0.251 e. The maximum Gasteiger partial charge on any atom is 0.251 e. The molecule has 2 rings (SSSR count). The largest absolute Gasteiger partial charge is 0.375 e. The van der Waals surface area contributed by atoms with E-state index in [1.807, 2.05) is 19.1 Å². The fourth-order valence-corrected chi connectivity index (χ4v) is 2.18. The fourth-order valence-electron chi connectivity index (χ4n) is 2.18. The van der Waals surface area contributed by atoms with Crippen LogP contribution >= 0.6 is 0 Å². The molecule has 2 amide bonds. The molecule has 1 aliphatic heterocycles. The summed E-state index contributed by atoms with van der Waals surface area (Å²) < 4.78 is 5.41. The van der Waals surface area contributed by atoms with Crippen LogP contribution in [0.1, 0.15) is 22.8 Å². The number of morpholine rings is 1. The third-order valence-corrected chi connectivity index (χ3v) is 3.37. The second kappa shape index (κ2) is 7.04. The molecule has 1 aromatic rings. The summed E-state index contributed by atoms with van der Waals surface area (Å²) in [6.45, 7) is 3.80. The van der Waals surface area contributed by atoms with Gasteiger partial charge in [0.05, 0.1) is 12.7 Å². The van der Waals surface area contributed by atoms with E-state index in [-0.39, 0.29) is 17.9 Å². The summed E-state index contributed by atoms with van der Waals surface area (Å²) in [7, 11) is 1.60. The van der Waals surface area contributed by atoms with Crippen molar-refractivity contribution in [2.24, 2.45) is 0 Å². The van der Waals surface area contributed by atoms with Crippen LogP contribution in [0.2, 0.25) is 0 Å². The number of hydrogen-bond acceptors (Lipinski definition) is 3. The van der Waals surface area contributed by atoms with Gasteiger partial charge in [-0.25, -0.2) is 0 Å². The van der Waals surface area contributed by atoms with Crippen LogP contribution < -0.4 is 5.32 Å². The zero-order chi connectivity index (χ0) is 15.2. The molecular formula is C16H20N2O3. The fraction of sp³-hybridized carbons (Fsp3) is 0.375. The Bertz CT molecular complexity index is 537. The number of carbonyl (C=O) groups excluding carboxylic acids is 2. The lowest BCUT2D eigenvalue weighted by Crippen LogP contribution is -2.43. The van der Waals surface area contributed by atoms with Gasteiger partial charge in [0.15, 0.2) is 0 Å². The van der Waals surface area contributed by atoms with Crippen molar-refractivity contribution in [3.8, 4) is 0 Å². The Morgan fingerprint density at radius 3 is 2.67 bits per heavy atom. The summed E-state index contributed by atoms with van der Waals surface area (Å²) in [4.78, 5) is 25.3. The van der Waals surface area contributed by atoms with Gasteiger partial charge in [0.2, 0.25) is 5.91 Å². The molecule has 0 radical (unpaired) electrons. The molecular weight excluding hydrogens is 268 g/mol. The molecule has 1 aromatic carbocycles. The summed E-state index contributed by atoms with van der Waals surface area (Å²) in [5.74, 6) is -0.135.